The van der Waals surface area contributed by atoms with Crippen molar-refractivity contribution in [2.24, 2.45) is 0 Å². The number of carbonyl (C=O) groups excluding carboxylic acids is 1. The van der Waals surface area contributed by atoms with E-state index in [1.807, 2.05) is 31.1 Å². The van der Waals surface area contributed by atoms with Gasteiger partial charge in [-0.25, -0.2) is 0 Å². The van der Waals surface area contributed by atoms with Gasteiger partial charge in [-0.05, 0) is 50.6 Å². The van der Waals surface area contributed by atoms with Gasteiger partial charge in [-0.3, -0.25) is 4.79 Å². The van der Waals surface area contributed by atoms with Crippen LogP contribution in [-0.4, -0.2) is 54.1 Å². The number of aliphatic hydroxyl groups excluding tert-OH is 1. The Balaban J connectivity index is 1.50. The standard InChI is InChI=1S/C24H30N2O2/c1-17-8-10-18(11-9-17)16-21(27)26-14-12-24(13-15-26)20-7-5-4-6-19(20)22(23(24)28)25(2)3/h4-11,22-23,28H,12-16H2,1-3H3/t22-,23+/m0/s1. The number of fused-ring (bicyclic) bond motifs is 2. The molecule has 4 nitrogen and oxygen atoms in total. The van der Waals surface area contributed by atoms with Gasteiger partial charge in [-0.15, -0.1) is 0 Å². The smallest absolute Gasteiger partial charge is 0.226 e. The number of carbonyl (C=O) groups is 1. The van der Waals surface area contributed by atoms with Gasteiger partial charge in [-0.1, -0.05) is 54.1 Å². The highest BCUT2D eigenvalue weighted by atomic mass is 16.3. The first kappa shape index (κ1) is 19.2. The van der Waals surface area contributed by atoms with E-state index in [0.717, 1.165) is 18.4 Å². The zero-order chi connectivity index (χ0) is 19.9. The first-order valence-electron chi connectivity index (χ1n) is 10.2. The second-order valence-corrected chi connectivity index (χ2v) is 8.64. The molecule has 0 saturated carbocycles. The number of nitrogens with zero attached hydrogens (tertiary/aromatic N) is 2. The van der Waals surface area contributed by atoms with Gasteiger partial charge in [0.15, 0.2) is 0 Å². The third-order valence-corrected chi connectivity index (χ3v) is 6.72. The number of benzene rings is 2. The van der Waals surface area contributed by atoms with E-state index in [9.17, 15) is 9.90 Å². The van der Waals surface area contributed by atoms with Crippen LogP contribution in [0.4, 0.5) is 0 Å². The fourth-order valence-corrected chi connectivity index (χ4v) is 5.11. The summed E-state index contributed by atoms with van der Waals surface area (Å²) in [6.07, 6.45) is 1.64. The second-order valence-electron chi connectivity index (χ2n) is 8.64. The van der Waals surface area contributed by atoms with Crippen LogP contribution < -0.4 is 0 Å². The molecule has 1 aliphatic carbocycles. The lowest BCUT2D eigenvalue weighted by Crippen LogP contribution is -2.50. The van der Waals surface area contributed by atoms with E-state index in [4.69, 9.17) is 0 Å². The van der Waals surface area contributed by atoms with Crippen molar-refractivity contribution in [3.63, 3.8) is 0 Å². The molecule has 1 saturated heterocycles. The Bertz CT molecular complexity index is 851. The molecule has 0 aromatic heterocycles. The summed E-state index contributed by atoms with van der Waals surface area (Å²) in [5.41, 5.74) is 4.54. The van der Waals surface area contributed by atoms with Crippen LogP contribution in [0, 0.1) is 6.92 Å². The first-order valence-corrected chi connectivity index (χ1v) is 10.2. The molecule has 0 unspecified atom stereocenters. The van der Waals surface area contributed by atoms with E-state index < -0.39 is 6.10 Å². The normalized spacial score (nSPS) is 23.2. The van der Waals surface area contributed by atoms with Crippen LogP contribution in [0.3, 0.4) is 0 Å². The van der Waals surface area contributed by atoms with E-state index in [0.29, 0.717) is 19.5 Å². The Morgan fingerprint density at radius 1 is 1.11 bits per heavy atom. The molecule has 148 valence electrons. The van der Waals surface area contributed by atoms with Crippen LogP contribution in [0.15, 0.2) is 48.5 Å². The van der Waals surface area contributed by atoms with Crippen molar-refractivity contribution in [3.8, 4) is 0 Å². The number of likely N-dealkylation sites (N-methyl/N-ethyl adjacent to an activating group) is 1. The molecular weight excluding hydrogens is 348 g/mol. The minimum atomic E-state index is -0.436. The highest BCUT2D eigenvalue weighted by Crippen LogP contribution is 2.52. The second kappa shape index (κ2) is 7.34. The van der Waals surface area contributed by atoms with Crippen molar-refractivity contribution < 1.29 is 9.90 Å². The largest absolute Gasteiger partial charge is 0.390 e. The zero-order valence-electron chi connectivity index (χ0n) is 17.1. The number of piperidine rings is 1. The molecule has 1 fully saturated rings. The van der Waals surface area contributed by atoms with E-state index in [1.165, 1.54) is 16.7 Å². The minimum absolute atomic E-state index is 0.0195. The van der Waals surface area contributed by atoms with Gasteiger partial charge < -0.3 is 14.9 Å². The SMILES string of the molecule is Cc1ccc(CC(=O)N2CCC3(CC2)c2ccccc2[C@H](N(C)C)[C@H]3O)cc1. The van der Waals surface area contributed by atoms with Crippen LogP contribution in [0.25, 0.3) is 0 Å². The number of aliphatic hydroxyl groups is 1. The number of hydrogen-bond donors (Lipinski definition) is 1. The molecule has 1 aliphatic heterocycles. The van der Waals surface area contributed by atoms with Crippen molar-refractivity contribution in [1.82, 2.24) is 9.80 Å². The van der Waals surface area contributed by atoms with Crippen LogP contribution in [0.2, 0.25) is 0 Å². The Labute approximate surface area is 167 Å². The average Bonchev–Trinajstić information content (AvgIpc) is 2.93. The number of rotatable bonds is 3. The fraction of sp³-hybridized carbons (Fsp3) is 0.458. The maximum Gasteiger partial charge on any atom is 0.226 e. The molecule has 4 rings (SSSR count). The quantitative estimate of drug-likeness (QED) is 0.893. The Hall–Kier alpha value is -2.17. The summed E-state index contributed by atoms with van der Waals surface area (Å²) in [4.78, 5) is 16.9. The summed E-state index contributed by atoms with van der Waals surface area (Å²) in [7, 11) is 4.06. The Kier molecular flexibility index (Phi) is 5.02. The van der Waals surface area contributed by atoms with E-state index in [1.54, 1.807) is 0 Å². The van der Waals surface area contributed by atoms with E-state index in [-0.39, 0.29) is 17.4 Å². The number of aryl methyl sites for hydroxylation is 1. The predicted molar refractivity (Wildman–Crippen MR) is 111 cm³/mol. The van der Waals surface area contributed by atoms with E-state index in [2.05, 4.69) is 48.2 Å². The molecule has 2 aromatic rings. The lowest BCUT2D eigenvalue weighted by molar-refractivity contribution is -0.133. The van der Waals surface area contributed by atoms with Crippen molar-refractivity contribution in [3.05, 3.63) is 70.8 Å². The minimum Gasteiger partial charge on any atom is -0.390 e. The molecule has 28 heavy (non-hydrogen) atoms. The molecule has 2 atom stereocenters. The molecule has 1 spiro atoms. The molecule has 0 bridgehead atoms. The van der Waals surface area contributed by atoms with Gasteiger partial charge in [0.2, 0.25) is 5.91 Å². The van der Waals surface area contributed by atoms with Gasteiger partial charge >= 0.3 is 0 Å². The highest BCUT2D eigenvalue weighted by molar-refractivity contribution is 5.79. The van der Waals surface area contributed by atoms with Crippen LogP contribution in [-0.2, 0) is 16.6 Å². The summed E-state index contributed by atoms with van der Waals surface area (Å²) in [6.45, 7) is 3.47. The number of hydrogen-bond acceptors (Lipinski definition) is 3. The molecule has 2 aromatic carbocycles. The zero-order valence-corrected chi connectivity index (χ0v) is 17.1. The topological polar surface area (TPSA) is 43.8 Å². The Morgan fingerprint density at radius 3 is 2.39 bits per heavy atom. The van der Waals surface area contributed by atoms with Crippen LogP contribution in [0.5, 0.6) is 0 Å². The average molecular weight is 379 g/mol. The van der Waals surface area contributed by atoms with Crippen molar-refractivity contribution >= 4 is 5.91 Å². The predicted octanol–water partition coefficient (Wildman–Crippen LogP) is 3.08. The summed E-state index contributed by atoms with van der Waals surface area (Å²) in [5.74, 6) is 0.184. The van der Waals surface area contributed by atoms with Gasteiger partial charge in [0.05, 0.1) is 18.6 Å². The molecule has 1 heterocycles. The molecule has 1 amide bonds. The highest BCUT2D eigenvalue weighted by Gasteiger charge is 2.53. The van der Waals surface area contributed by atoms with Gasteiger partial charge in [0.25, 0.3) is 0 Å². The maximum absolute atomic E-state index is 12.8. The number of amides is 1. The summed E-state index contributed by atoms with van der Waals surface area (Å²) in [6, 6.07) is 16.7. The molecule has 1 N–H and O–H groups in total. The summed E-state index contributed by atoms with van der Waals surface area (Å²) >= 11 is 0. The first-order chi connectivity index (χ1) is 13.4. The van der Waals surface area contributed by atoms with Crippen LogP contribution in [0.1, 0.15) is 41.1 Å². The Morgan fingerprint density at radius 2 is 1.75 bits per heavy atom. The maximum atomic E-state index is 12.8. The number of likely N-dealkylation sites (tertiary alicyclic amines) is 1. The van der Waals surface area contributed by atoms with Crippen molar-refractivity contribution in [2.75, 3.05) is 27.2 Å². The third kappa shape index (κ3) is 3.15. The summed E-state index contributed by atoms with van der Waals surface area (Å²) < 4.78 is 0. The van der Waals surface area contributed by atoms with Gasteiger partial charge in [0, 0.05) is 18.5 Å². The summed E-state index contributed by atoms with van der Waals surface area (Å²) in [5, 5.41) is 11.3. The lowest BCUT2D eigenvalue weighted by atomic mass is 9.72. The lowest BCUT2D eigenvalue weighted by Gasteiger charge is -2.43. The molecular formula is C24H30N2O2. The third-order valence-electron chi connectivity index (χ3n) is 6.72. The van der Waals surface area contributed by atoms with Gasteiger partial charge in [-0.2, -0.15) is 0 Å². The fourth-order valence-electron chi connectivity index (χ4n) is 5.11. The van der Waals surface area contributed by atoms with Crippen LogP contribution >= 0.6 is 0 Å². The molecule has 0 radical (unpaired) electrons. The van der Waals surface area contributed by atoms with E-state index >= 15 is 0 Å². The van der Waals surface area contributed by atoms with Crippen molar-refractivity contribution in [1.29, 1.82) is 0 Å². The van der Waals surface area contributed by atoms with Gasteiger partial charge in [0.1, 0.15) is 0 Å². The van der Waals surface area contributed by atoms with Crippen molar-refractivity contribution in [2.45, 2.75) is 43.7 Å². The molecule has 2 aliphatic rings. The monoisotopic (exact) mass is 378 g/mol. The molecule has 4 heteroatoms.